The third-order valence-corrected chi connectivity index (χ3v) is 3.59. The number of methoxy groups -OCH3 is 1. The number of ether oxygens (including phenoxy) is 2. The van der Waals surface area contributed by atoms with Gasteiger partial charge in [0.2, 0.25) is 5.91 Å². The molecule has 0 aliphatic carbocycles. The van der Waals surface area contributed by atoms with Crippen molar-refractivity contribution in [3.8, 4) is 5.75 Å². The molecule has 0 radical (unpaired) electrons. The maximum Gasteiger partial charge on any atom is 0.335 e. The van der Waals surface area contributed by atoms with Crippen LogP contribution in [0, 0.1) is 6.92 Å². The fraction of sp³-hybridized carbons (Fsp3) is 0.263. The average Bonchev–Trinajstić information content (AvgIpc) is 2.58. The molecule has 2 N–H and O–H groups in total. The summed E-state index contributed by atoms with van der Waals surface area (Å²) >= 11 is 0. The molecule has 6 heteroatoms. The molecule has 0 aliphatic heterocycles. The van der Waals surface area contributed by atoms with Gasteiger partial charge in [0, 0.05) is 12.8 Å². The summed E-state index contributed by atoms with van der Waals surface area (Å²) in [6, 6.07) is 11.7. The van der Waals surface area contributed by atoms with Gasteiger partial charge in [0.25, 0.3) is 0 Å². The fourth-order valence-corrected chi connectivity index (χ4v) is 2.25. The molecule has 1 amide bonds. The summed E-state index contributed by atoms with van der Waals surface area (Å²) in [5, 5.41) is 11.7. The molecule has 0 aromatic heterocycles. The van der Waals surface area contributed by atoms with Crippen molar-refractivity contribution in [3.05, 3.63) is 59.2 Å². The standard InChI is InChI=1S/C19H21NO5/c1-13-11-16(25-10-9-24-2)7-8-17(13)20-18(21)12-14-3-5-15(6-4-14)19(22)23/h3-8,11H,9-10,12H2,1-2H3,(H,20,21)(H,22,23). The number of aromatic carboxylic acids is 1. The van der Waals surface area contributed by atoms with Crippen molar-refractivity contribution < 1.29 is 24.2 Å². The number of amides is 1. The third-order valence-electron chi connectivity index (χ3n) is 3.59. The van der Waals surface area contributed by atoms with E-state index in [0.717, 1.165) is 16.9 Å². The van der Waals surface area contributed by atoms with E-state index in [-0.39, 0.29) is 17.9 Å². The Balaban J connectivity index is 1.94. The van der Waals surface area contributed by atoms with E-state index in [2.05, 4.69) is 5.32 Å². The van der Waals surface area contributed by atoms with Gasteiger partial charge in [0.15, 0.2) is 0 Å². The first kappa shape index (κ1) is 18.5. The fourth-order valence-electron chi connectivity index (χ4n) is 2.25. The van der Waals surface area contributed by atoms with Crippen LogP contribution in [0.2, 0.25) is 0 Å². The number of carboxylic acid groups (broad SMARTS) is 1. The van der Waals surface area contributed by atoms with Gasteiger partial charge >= 0.3 is 5.97 Å². The Morgan fingerprint density at radius 1 is 1.08 bits per heavy atom. The smallest absolute Gasteiger partial charge is 0.335 e. The number of carboxylic acids is 1. The van der Waals surface area contributed by atoms with Crippen molar-refractivity contribution in [2.24, 2.45) is 0 Å². The minimum atomic E-state index is -0.987. The van der Waals surface area contributed by atoms with Crippen molar-refractivity contribution in [2.75, 3.05) is 25.6 Å². The molecular formula is C19H21NO5. The molecule has 0 spiro atoms. The number of hydrogen-bond acceptors (Lipinski definition) is 4. The molecule has 6 nitrogen and oxygen atoms in total. The van der Waals surface area contributed by atoms with E-state index in [1.807, 2.05) is 13.0 Å². The normalized spacial score (nSPS) is 10.3. The molecule has 25 heavy (non-hydrogen) atoms. The van der Waals surface area contributed by atoms with Gasteiger partial charge in [-0.05, 0) is 48.4 Å². The number of benzene rings is 2. The summed E-state index contributed by atoms with van der Waals surface area (Å²) in [7, 11) is 1.61. The van der Waals surface area contributed by atoms with Crippen LogP contribution in [0.5, 0.6) is 5.75 Å². The summed E-state index contributed by atoms with van der Waals surface area (Å²) in [5.41, 5.74) is 2.56. The van der Waals surface area contributed by atoms with E-state index in [0.29, 0.717) is 18.9 Å². The van der Waals surface area contributed by atoms with Crippen LogP contribution in [-0.4, -0.2) is 37.3 Å². The summed E-state index contributed by atoms with van der Waals surface area (Å²) in [6.07, 6.45) is 0.172. The minimum Gasteiger partial charge on any atom is -0.491 e. The monoisotopic (exact) mass is 343 g/mol. The van der Waals surface area contributed by atoms with Crippen LogP contribution in [0.3, 0.4) is 0 Å². The van der Waals surface area contributed by atoms with Crippen LogP contribution in [0.25, 0.3) is 0 Å². The zero-order chi connectivity index (χ0) is 18.2. The quantitative estimate of drug-likeness (QED) is 0.720. The van der Waals surface area contributed by atoms with Gasteiger partial charge in [-0.1, -0.05) is 12.1 Å². The SMILES string of the molecule is COCCOc1ccc(NC(=O)Cc2ccc(C(=O)O)cc2)c(C)c1. The van der Waals surface area contributed by atoms with Gasteiger partial charge in [0.05, 0.1) is 18.6 Å². The topological polar surface area (TPSA) is 84.9 Å². The molecule has 2 aromatic rings. The van der Waals surface area contributed by atoms with Gasteiger partial charge in [-0.2, -0.15) is 0 Å². The van der Waals surface area contributed by atoms with Crippen molar-refractivity contribution in [1.82, 2.24) is 0 Å². The van der Waals surface area contributed by atoms with Crippen LogP contribution in [-0.2, 0) is 16.0 Å². The average molecular weight is 343 g/mol. The first-order valence-electron chi connectivity index (χ1n) is 7.84. The number of carbonyl (C=O) groups excluding carboxylic acids is 1. The number of rotatable bonds is 8. The molecule has 132 valence electrons. The third kappa shape index (κ3) is 5.61. The molecule has 0 heterocycles. The van der Waals surface area contributed by atoms with Crippen LogP contribution in [0.1, 0.15) is 21.5 Å². The number of aryl methyl sites for hydroxylation is 1. The molecule has 0 bridgehead atoms. The lowest BCUT2D eigenvalue weighted by atomic mass is 10.1. The highest BCUT2D eigenvalue weighted by Gasteiger charge is 2.08. The molecule has 0 unspecified atom stereocenters. The Kier molecular flexibility index (Phi) is 6.54. The number of carbonyl (C=O) groups is 2. The van der Waals surface area contributed by atoms with Crippen molar-refractivity contribution in [1.29, 1.82) is 0 Å². The van der Waals surface area contributed by atoms with Gasteiger partial charge in [0.1, 0.15) is 12.4 Å². The first-order valence-corrected chi connectivity index (χ1v) is 7.84. The molecular weight excluding hydrogens is 322 g/mol. The van der Waals surface area contributed by atoms with Crippen molar-refractivity contribution in [3.63, 3.8) is 0 Å². The highest BCUT2D eigenvalue weighted by atomic mass is 16.5. The van der Waals surface area contributed by atoms with Gasteiger partial charge in [-0.3, -0.25) is 4.79 Å². The second kappa shape index (κ2) is 8.84. The van der Waals surface area contributed by atoms with E-state index in [1.54, 1.807) is 31.4 Å². The lowest BCUT2D eigenvalue weighted by Crippen LogP contribution is -2.15. The second-order valence-electron chi connectivity index (χ2n) is 5.55. The van der Waals surface area contributed by atoms with Crippen molar-refractivity contribution >= 4 is 17.6 Å². The summed E-state index contributed by atoms with van der Waals surface area (Å²) in [4.78, 5) is 23.0. The lowest BCUT2D eigenvalue weighted by Gasteiger charge is -2.11. The zero-order valence-electron chi connectivity index (χ0n) is 14.2. The Labute approximate surface area is 146 Å². The van der Waals surface area contributed by atoms with Crippen LogP contribution < -0.4 is 10.1 Å². The molecule has 0 aliphatic rings. The van der Waals surface area contributed by atoms with Crippen LogP contribution >= 0.6 is 0 Å². The summed E-state index contributed by atoms with van der Waals surface area (Å²) in [5.74, 6) is -0.435. The van der Waals surface area contributed by atoms with Gasteiger partial charge in [-0.15, -0.1) is 0 Å². The predicted octanol–water partition coefficient (Wildman–Crippen LogP) is 2.90. The lowest BCUT2D eigenvalue weighted by molar-refractivity contribution is -0.115. The summed E-state index contributed by atoms with van der Waals surface area (Å²) < 4.78 is 10.5. The summed E-state index contributed by atoms with van der Waals surface area (Å²) in [6.45, 7) is 2.87. The largest absolute Gasteiger partial charge is 0.491 e. The van der Waals surface area contributed by atoms with Gasteiger partial charge < -0.3 is 19.9 Å². The molecule has 0 saturated carbocycles. The van der Waals surface area contributed by atoms with E-state index >= 15 is 0 Å². The molecule has 2 rings (SSSR count). The highest BCUT2D eigenvalue weighted by molar-refractivity contribution is 5.93. The van der Waals surface area contributed by atoms with E-state index in [4.69, 9.17) is 14.6 Å². The van der Waals surface area contributed by atoms with Crippen LogP contribution in [0.4, 0.5) is 5.69 Å². The maximum atomic E-state index is 12.2. The van der Waals surface area contributed by atoms with E-state index in [9.17, 15) is 9.59 Å². The Morgan fingerprint density at radius 2 is 1.80 bits per heavy atom. The molecule has 0 atom stereocenters. The highest BCUT2D eigenvalue weighted by Crippen LogP contribution is 2.21. The van der Waals surface area contributed by atoms with E-state index < -0.39 is 5.97 Å². The van der Waals surface area contributed by atoms with E-state index in [1.165, 1.54) is 12.1 Å². The predicted molar refractivity (Wildman–Crippen MR) is 94.3 cm³/mol. The maximum absolute atomic E-state index is 12.2. The first-order chi connectivity index (χ1) is 12.0. The van der Waals surface area contributed by atoms with Gasteiger partial charge in [-0.25, -0.2) is 4.79 Å². The molecule has 2 aromatic carbocycles. The van der Waals surface area contributed by atoms with Crippen molar-refractivity contribution in [2.45, 2.75) is 13.3 Å². The molecule has 0 fully saturated rings. The Morgan fingerprint density at radius 3 is 2.40 bits per heavy atom. The number of hydrogen-bond donors (Lipinski definition) is 2. The Bertz CT molecular complexity index is 740. The minimum absolute atomic E-state index is 0.167. The Hall–Kier alpha value is -2.86. The van der Waals surface area contributed by atoms with Crippen LogP contribution in [0.15, 0.2) is 42.5 Å². The molecule has 0 saturated heterocycles. The zero-order valence-corrected chi connectivity index (χ0v) is 14.2. The number of nitrogens with one attached hydrogen (secondary N) is 1. The second-order valence-corrected chi connectivity index (χ2v) is 5.55. The number of anilines is 1.